The number of hydrogen-bond acceptors (Lipinski definition) is 2. The Labute approximate surface area is 122 Å². The molecule has 2 amide bonds. The summed E-state index contributed by atoms with van der Waals surface area (Å²) in [5.74, 6) is 0. The molecule has 6 heteroatoms. The number of amides is 2. The summed E-state index contributed by atoms with van der Waals surface area (Å²) in [5.41, 5.74) is 0.552. The van der Waals surface area contributed by atoms with Crippen LogP contribution in [0.1, 0.15) is 38.5 Å². The Morgan fingerprint density at radius 1 is 1.11 bits per heavy atom. The molecule has 1 aromatic rings. The van der Waals surface area contributed by atoms with Crippen molar-refractivity contribution in [3.63, 3.8) is 0 Å². The number of urea groups is 1. The van der Waals surface area contributed by atoms with E-state index in [1.807, 2.05) is 0 Å². The fraction of sp³-hybridized carbons (Fsp3) is 0.538. The second-order valence-electron chi connectivity index (χ2n) is 4.79. The van der Waals surface area contributed by atoms with E-state index in [0.29, 0.717) is 5.69 Å². The van der Waals surface area contributed by atoms with Gasteiger partial charge >= 0.3 is 6.03 Å². The summed E-state index contributed by atoms with van der Waals surface area (Å²) < 4.78 is 0. The van der Waals surface area contributed by atoms with Gasteiger partial charge in [0.25, 0.3) is 0 Å². The molecule has 0 aromatic carbocycles. The molecule has 19 heavy (non-hydrogen) atoms. The average Bonchev–Trinajstić information content (AvgIpc) is 2.55. The third kappa shape index (κ3) is 4.88. The molecule has 1 aromatic heterocycles. The summed E-state index contributed by atoms with van der Waals surface area (Å²) in [4.78, 5) is 15.7. The number of aromatic nitrogens is 1. The van der Waals surface area contributed by atoms with Crippen LogP contribution in [0.5, 0.6) is 0 Å². The zero-order chi connectivity index (χ0) is 13.7. The normalized spacial score (nSPS) is 16.7. The minimum Gasteiger partial charge on any atom is -0.335 e. The van der Waals surface area contributed by atoms with E-state index in [1.165, 1.54) is 25.7 Å². The SMILES string of the molecule is O=C(Nc1cc(Cl)nc(Cl)c1)NC1CCCCCC1. The van der Waals surface area contributed by atoms with Gasteiger partial charge in [-0.1, -0.05) is 48.9 Å². The molecule has 104 valence electrons. The first-order valence-corrected chi connectivity index (χ1v) is 7.30. The van der Waals surface area contributed by atoms with Crippen molar-refractivity contribution >= 4 is 34.9 Å². The van der Waals surface area contributed by atoms with Crippen molar-refractivity contribution in [1.29, 1.82) is 0 Å². The molecule has 0 aliphatic heterocycles. The summed E-state index contributed by atoms with van der Waals surface area (Å²) in [6, 6.07) is 3.18. The Morgan fingerprint density at radius 3 is 2.26 bits per heavy atom. The summed E-state index contributed by atoms with van der Waals surface area (Å²) >= 11 is 11.6. The molecular formula is C13H17Cl2N3O. The molecule has 0 atom stereocenters. The maximum atomic E-state index is 11.9. The number of hydrogen-bond donors (Lipinski definition) is 2. The van der Waals surface area contributed by atoms with Gasteiger partial charge in [0.2, 0.25) is 0 Å². The lowest BCUT2D eigenvalue weighted by Crippen LogP contribution is -2.37. The van der Waals surface area contributed by atoms with Gasteiger partial charge < -0.3 is 10.6 Å². The molecule has 0 radical (unpaired) electrons. The summed E-state index contributed by atoms with van der Waals surface area (Å²) in [6.45, 7) is 0. The van der Waals surface area contributed by atoms with Gasteiger partial charge in [0.1, 0.15) is 10.3 Å². The standard InChI is InChI=1S/C13H17Cl2N3O/c14-11-7-10(8-12(15)18-11)17-13(19)16-9-5-3-1-2-4-6-9/h7-9H,1-6H2,(H2,16,17,18,19). The van der Waals surface area contributed by atoms with Crippen LogP contribution >= 0.6 is 23.2 Å². The molecule has 0 saturated heterocycles. The minimum absolute atomic E-state index is 0.217. The highest BCUT2D eigenvalue weighted by Gasteiger charge is 2.14. The van der Waals surface area contributed by atoms with Crippen LogP contribution in [0.2, 0.25) is 10.3 Å². The fourth-order valence-electron chi connectivity index (χ4n) is 2.31. The van der Waals surface area contributed by atoms with E-state index in [2.05, 4.69) is 15.6 Å². The van der Waals surface area contributed by atoms with Gasteiger partial charge in [-0.2, -0.15) is 0 Å². The van der Waals surface area contributed by atoms with E-state index in [9.17, 15) is 4.79 Å². The molecule has 0 bridgehead atoms. The number of nitrogens with one attached hydrogen (secondary N) is 2. The van der Waals surface area contributed by atoms with Crippen molar-refractivity contribution < 1.29 is 4.79 Å². The number of halogens is 2. The lowest BCUT2D eigenvalue weighted by atomic mass is 10.1. The van der Waals surface area contributed by atoms with Gasteiger partial charge in [-0.15, -0.1) is 0 Å². The van der Waals surface area contributed by atoms with E-state index in [4.69, 9.17) is 23.2 Å². The number of anilines is 1. The lowest BCUT2D eigenvalue weighted by molar-refractivity contribution is 0.247. The van der Waals surface area contributed by atoms with Gasteiger partial charge in [0, 0.05) is 11.7 Å². The Kier molecular flexibility index (Phi) is 5.28. The number of nitrogens with zero attached hydrogens (tertiary/aromatic N) is 1. The molecule has 1 heterocycles. The Morgan fingerprint density at radius 2 is 1.68 bits per heavy atom. The molecule has 4 nitrogen and oxygen atoms in total. The predicted molar refractivity (Wildman–Crippen MR) is 77.9 cm³/mol. The summed E-state index contributed by atoms with van der Waals surface area (Å²) in [7, 11) is 0. The van der Waals surface area contributed by atoms with E-state index >= 15 is 0 Å². The number of carbonyl (C=O) groups excluding carboxylic acids is 1. The lowest BCUT2D eigenvalue weighted by Gasteiger charge is -2.16. The van der Waals surface area contributed by atoms with Crippen LogP contribution in [-0.2, 0) is 0 Å². The second-order valence-corrected chi connectivity index (χ2v) is 5.56. The Balaban J connectivity index is 1.89. The zero-order valence-electron chi connectivity index (χ0n) is 10.6. The topological polar surface area (TPSA) is 54.0 Å². The number of rotatable bonds is 2. The van der Waals surface area contributed by atoms with Crippen molar-refractivity contribution in [3.8, 4) is 0 Å². The van der Waals surface area contributed by atoms with Crippen LogP contribution < -0.4 is 10.6 Å². The van der Waals surface area contributed by atoms with Crippen LogP contribution in [0.15, 0.2) is 12.1 Å². The highest BCUT2D eigenvalue weighted by Crippen LogP contribution is 2.19. The van der Waals surface area contributed by atoms with Crippen molar-refractivity contribution in [2.75, 3.05) is 5.32 Å². The summed E-state index contributed by atoms with van der Waals surface area (Å²) in [5, 5.41) is 6.24. The smallest absolute Gasteiger partial charge is 0.319 e. The first-order valence-electron chi connectivity index (χ1n) is 6.54. The quantitative estimate of drug-likeness (QED) is 0.634. The third-order valence-electron chi connectivity index (χ3n) is 3.21. The van der Waals surface area contributed by atoms with Crippen LogP contribution in [0.25, 0.3) is 0 Å². The molecular weight excluding hydrogens is 285 g/mol. The van der Waals surface area contributed by atoms with Gasteiger partial charge in [0.05, 0.1) is 0 Å². The molecule has 2 rings (SSSR count). The monoisotopic (exact) mass is 301 g/mol. The Bertz CT molecular complexity index is 425. The molecule has 1 aliphatic rings. The van der Waals surface area contributed by atoms with Gasteiger partial charge in [-0.3, -0.25) is 0 Å². The van der Waals surface area contributed by atoms with E-state index in [0.717, 1.165) is 12.8 Å². The minimum atomic E-state index is -0.217. The average molecular weight is 302 g/mol. The van der Waals surface area contributed by atoms with Crippen LogP contribution in [0.4, 0.5) is 10.5 Å². The van der Waals surface area contributed by atoms with Crippen molar-refractivity contribution in [1.82, 2.24) is 10.3 Å². The Hall–Kier alpha value is -1.00. The molecule has 0 unspecified atom stereocenters. The second kappa shape index (κ2) is 6.96. The van der Waals surface area contributed by atoms with Gasteiger partial charge in [0.15, 0.2) is 0 Å². The summed E-state index contributed by atoms with van der Waals surface area (Å²) in [6.07, 6.45) is 6.97. The van der Waals surface area contributed by atoms with Crippen LogP contribution in [-0.4, -0.2) is 17.1 Å². The zero-order valence-corrected chi connectivity index (χ0v) is 12.1. The van der Waals surface area contributed by atoms with Gasteiger partial charge in [-0.25, -0.2) is 9.78 Å². The van der Waals surface area contributed by atoms with Crippen molar-refractivity contribution in [3.05, 3.63) is 22.4 Å². The third-order valence-corrected chi connectivity index (χ3v) is 3.60. The molecule has 1 aliphatic carbocycles. The van der Waals surface area contributed by atoms with Gasteiger partial charge in [-0.05, 0) is 25.0 Å². The molecule has 0 spiro atoms. The molecule has 1 saturated carbocycles. The maximum absolute atomic E-state index is 11.9. The van der Waals surface area contributed by atoms with E-state index < -0.39 is 0 Å². The first kappa shape index (κ1) is 14.4. The van der Waals surface area contributed by atoms with Crippen LogP contribution in [0, 0.1) is 0 Å². The molecule has 1 fully saturated rings. The van der Waals surface area contributed by atoms with E-state index in [1.54, 1.807) is 12.1 Å². The van der Waals surface area contributed by atoms with E-state index in [-0.39, 0.29) is 22.4 Å². The predicted octanol–water partition coefficient (Wildman–Crippen LogP) is 4.23. The number of carbonyl (C=O) groups is 1. The highest BCUT2D eigenvalue weighted by molar-refractivity contribution is 6.32. The first-order chi connectivity index (χ1) is 9.13. The highest BCUT2D eigenvalue weighted by atomic mass is 35.5. The largest absolute Gasteiger partial charge is 0.335 e. The molecule has 2 N–H and O–H groups in total. The fourth-order valence-corrected chi connectivity index (χ4v) is 2.77. The maximum Gasteiger partial charge on any atom is 0.319 e. The number of pyridine rings is 1. The van der Waals surface area contributed by atoms with Crippen molar-refractivity contribution in [2.24, 2.45) is 0 Å². The van der Waals surface area contributed by atoms with Crippen LogP contribution in [0.3, 0.4) is 0 Å². The van der Waals surface area contributed by atoms with Crippen molar-refractivity contribution in [2.45, 2.75) is 44.6 Å².